The number of hydrogen-bond donors (Lipinski definition) is 1. The summed E-state index contributed by atoms with van der Waals surface area (Å²) in [4.78, 5) is 24.2. The molecule has 1 heterocycles. The number of carboxylic acid groups (broad SMARTS) is 1. The number of Topliss-reactive ketones (excluding diaryl/α,β-unsaturated/α-hetero) is 1. The number of aryl methyl sites for hydroxylation is 1. The van der Waals surface area contributed by atoms with Crippen LogP contribution < -0.4 is 0 Å². The van der Waals surface area contributed by atoms with E-state index in [2.05, 4.69) is 0 Å². The standard InChI is InChI=1S/C12H16O3S/c1-3-9-4-5-11(16-9)10(13)6-8(2)7-12(14)15/h4-5,8H,3,6-7H2,1-2H3,(H,14,15). The summed E-state index contributed by atoms with van der Waals surface area (Å²) in [5.74, 6) is -0.892. The van der Waals surface area contributed by atoms with E-state index < -0.39 is 5.97 Å². The molecule has 0 saturated heterocycles. The molecule has 1 atom stereocenters. The molecular weight excluding hydrogens is 224 g/mol. The van der Waals surface area contributed by atoms with Gasteiger partial charge >= 0.3 is 5.97 Å². The maximum atomic E-state index is 11.8. The summed E-state index contributed by atoms with van der Waals surface area (Å²) in [7, 11) is 0. The Hall–Kier alpha value is -1.16. The Bertz CT molecular complexity index is 381. The van der Waals surface area contributed by atoms with E-state index in [1.165, 1.54) is 16.2 Å². The highest BCUT2D eigenvalue weighted by molar-refractivity contribution is 7.14. The lowest BCUT2D eigenvalue weighted by Gasteiger charge is -2.05. The molecule has 0 aliphatic heterocycles. The Morgan fingerprint density at radius 2 is 2.06 bits per heavy atom. The molecule has 3 nitrogen and oxygen atoms in total. The molecule has 0 amide bonds. The SMILES string of the molecule is CCc1ccc(C(=O)CC(C)CC(=O)O)s1. The molecule has 1 N–H and O–H groups in total. The van der Waals surface area contributed by atoms with Gasteiger partial charge in [0.2, 0.25) is 0 Å². The lowest BCUT2D eigenvalue weighted by atomic mass is 10.0. The van der Waals surface area contributed by atoms with Crippen molar-refractivity contribution in [2.75, 3.05) is 0 Å². The Morgan fingerprint density at radius 1 is 1.38 bits per heavy atom. The summed E-state index contributed by atoms with van der Waals surface area (Å²) in [6.07, 6.45) is 1.30. The fraction of sp³-hybridized carbons (Fsp3) is 0.500. The van der Waals surface area contributed by atoms with Crippen molar-refractivity contribution in [3.05, 3.63) is 21.9 Å². The first-order valence-electron chi connectivity index (χ1n) is 5.36. The smallest absolute Gasteiger partial charge is 0.303 e. The lowest BCUT2D eigenvalue weighted by Crippen LogP contribution is -2.09. The Labute approximate surface area is 99.1 Å². The first-order valence-corrected chi connectivity index (χ1v) is 6.18. The van der Waals surface area contributed by atoms with Crippen LogP contribution >= 0.6 is 11.3 Å². The zero-order valence-electron chi connectivity index (χ0n) is 9.53. The quantitative estimate of drug-likeness (QED) is 0.778. The molecule has 0 aromatic carbocycles. The maximum absolute atomic E-state index is 11.8. The van der Waals surface area contributed by atoms with Crippen molar-refractivity contribution in [2.24, 2.45) is 5.92 Å². The molecule has 0 aliphatic carbocycles. The molecule has 0 spiro atoms. The number of carboxylic acids is 1. The van der Waals surface area contributed by atoms with Crippen molar-refractivity contribution < 1.29 is 14.7 Å². The molecule has 1 unspecified atom stereocenters. The molecule has 1 aromatic rings. The van der Waals surface area contributed by atoms with Crippen molar-refractivity contribution in [2.45, 2.75) is 33.1 Å². The molecule has 0 aliphatic rings. The Morgan fingerprint density at radius 3 is 2.56 bits per heavy atom. The minimum absolute atomic E-state index is 0.0533. The number of carbonyl (C=O) groups excluding carboxylic acids is 1. The largest absolute Gasteiger partial charge is 0.481 e. The van der Waals surface area contributed by atoms with Gasteiger partial charge < -0.3 is 5.11 Å². The van der Waals surface area contributed by atoms with E-state index in [-0.39, 0.29) is 18.1 Å². The fourth-order valence-corrected chi connectivity index (χ4v) is 2.40. The van der Waals surface area contributed by atoms with Crippen LogP contribution in [0.2, 0.25) is 0 Å². The van der Waals surface area contributed by atoms with Gasteiger partial charge in [-0.1, -0.05) is 13.8 Å². The third-order valence-electron chi connectivity index (χ3n) is 2.34. The molecule has 0 bridgehead atoms. The van der Waals surface area contributed by atoms with Crippen molar-refractivity contribution >= 4 is 23.1 Å². The molecule has 0 radical (unpaired) electrons. The van der Waals surface area contributed by atoms with Crippen molar-refractivity contribution in [1.29, 1.82) is 0 Å². The van der Waals surface area contributed by atoms with Crippen molar-refractivity contribution in [3.63, 3.8) is 0 Å². The van der Waals surface area contributed by atoms with E-state index in [9.17, 15) is 9.59 Å². The van der Waals surface area contributed by atoms with Gasteiger partial charge in [0, 0.05) is 17.7 Å². The van der Waals surface area contributed by atoms with Crippen LogP contribution in [0.15, 0.2) is 12.1 Å². The summed E-state index contributed by atoms with van der Waals surface area (Å²) in [6, 6.07) is 3.79. The van der Waals surface area contributed by atoms with Crippen LogP contribution in [-0.4, -0.2) is 16.9 Å². The highest BCUT2D eigenvalue weighted by Crippen LogP contribution is 2.21. The maximum Gasteiger partial charge on any atom is 0.303 e. The summed E-state index contributed by atoms with van der Waals surface area (Å²) in [6.45, 7) is 3.84. The molecule has 0 saturated carbocycles. The monoisotopic (exact) mass is 240 g/mol. The Balaban J connectivity index is 2.54. The molecule has 16 heavy (non-hydrogen) atoms. The van der Waals surface area contributed by atoms with E-state index in [1.807, 2.05) is 19.1 Å². The number of carbonyl (C=O) groups is 2. The van der Waals surface area contributed by atoms with E-state index >= 15 is 0 Å². The third kappa shape index (κ3) is 3.77. The van der Waals surface area contributed by atoms with Gasteiger partial charge in [0.25, 0.3) is 0 Å². The van der Waals surface area contributed by atoms with Crippen LogP contribution in [0.25, 0.3) is 0 Å². The van der Waals surface area contributed by atoms with Crippen LogP contribution in [0.3, 0.4) is 0 Å². The number of thiophene rings is 1. The van der Waals surface area contributed by atoms with Gasteiger partial charge in [0.05, 0.1) is 4.88 Å². The summed E-state index contributed by atoms with van der Waals surface area (Å²) in [5.41, 5.74) is 0. The molecule has 0 fully saturated rings. The second-order valence-electron chi connectivity index (χ2n) is 3.95. The number of rotatable bonds is 6. The van der Waals surface area contributed by atoms with Crippen LogP contribution in [0.5, 0.6) is 0 Å². The highest BCUT2D eigenvalue weighted by Gasteiger charge is 2.15. The lowest BCUT2D eigenvalue weighted by molar-refractivity contribution is -0.137. The van der Waals surface area contributed by atoms with E-state index in [4.69, 9.17) is 5.11 Å². The van der Waals surface area contributed by atoms with Crippen LogP contribution in [0, 0.1) is 5.92 Å². The first kappa shape index (κ1) is 12.9. The van der Waals surface area contributed by atoms with E-state index in [0.29, 0.717) is 6.42 Å². The molecule has 4 heteroatoms. The molecule has 88 valence electrons. The fourth-order valence-electron chi connectivity index (χ4n) is 1.51. The number of hydrogen-bond acceptors (Lipinski definition) is 3. The van der Waals surface area contributed by atoms with E-state index in [0.717, 1.165) is 11.3 Å². The minimum Gasteiger partial charge on any atom is -0.481 e. The predicted octanol–water partition coefficient (Wildman–Crippen LogP) is 2.99. The summed E-state index contributed by atoms with van der Waals surface area (Å²) < 4.78 is 0. The average molecular weight is 240 g/mol. The molecule has 1 rings (SSSR count). The second-order valence-corrected chi connectivity index (χ2v) is 5.12. The van der Waals surface area contributed by atoms with Crippen LogP contribution in [0.4, 0.5) is 0 Å². The van der Waals surface area contributed by atoms with Gasteiger partial charge in [-0.2, -0.15) is 0 Å². The normalized spacial score (nSPS) is 12.4. The van der Waals surface area contributed by atoms with Crippen LogP contribution in [0.1, 0.15) is 41.2 Å². The zero-order chi connectivity index (χ0) is 12.1. The summed E-state index contributed by atoms with van der Waals surface area (Å²) in [5, 5.41) is 8.60. The van der Waals surface area contributed by atoms with Gasteiger partial charge in [0.15, 0.2) is 5.78 Å². The minimum atomic E-state index is -0.847. The average Bonchev–Trinajstić information content (AvgIpc) is 2.64. The predicted molar refractivity (Wildman–Crippen MR) is 64.1 cm³/mol. The topological polar surface area (TPSA) is 54.4 Å². The highest BCUT2D eigenvalue weighted by atomic mass is 32.1. The van der Waals surface area contributed by atoms with Gasteiger partial charge in [-0.25, -0.2) is 0 Å². The second kappa shape index (κ2) is 5.80. The zero-order valence-corrected chi connectivity index (χ0v) is 10.3. The van der Waals surface area contributed by atoms with E-state index in [1.54, 1.807) is 6.92 Å². The van der Waals surface area contributed by atoms with Gasteiger partial charge in [-0.3, -0.25) is 9.59 Å². The number of ketones is 1. The van der Waals surface area contributed by atoms with Gasteiger partial charge in [-0.15, -0.1) is 11.3 Å². The Kier molecular flexibility index (Phi) is 4.68. The van der Waals surface area contributed by atoms with Crippen molar-refractivity contribution in [3.8, 4) is 0 Å². The van der Waals surface area contributed by atoms with Gasteiger partial charge in [0.1, 0.15) is 0 Å². The molecular formula is C12H16O3S. The van der Waals surface area contributed by atoms with Gasteiger partial charge in [-0.05, 0) is 24.5 Å². The molecule has 1 aromatic heterocycles. The van der Waals surface area contributed by atoms with Crippen LogP contribution in [-0.2, 0) is 11.2 Å². The summed E-state index contributed by atoms with van der Waals surface area (Å²) >= 11 is 1.50. The first-order chi connectivity index (χ1) is 7.52. The number of aliphatic carboxylic acids is 1. The third-order valence-corrected chi connectivity index (χ3v) is 3.61. The van der Waals surface area contributed by atoms with Crippen molar-refractivity contribution in [1.82, 2.24) is 0 Å².